The molecule has 85 heavy (non-hydrogen) atoms. The number of carbonyl (C=O) groups is 1. The highest BCUT2D eigenvalue weighted by Gasteiger charge is 2.68. The molecule has 16 rings (SSSR count). The Hall–Kier alpha value is -5.94. The Kier molecular flexibility index (Phi) is 13.5. The van der Waals surface area contributed by atoms with E-state index in [9.17, 15) is 40.5 Å². The molecular weight excluding hydrogens is 1080 g/mol. The normalized spacial score (nSPS) is 33.7. The molecule has 17 nitrogen and oxygen atoms in total. The summed E-state index contributed by atoms with van der Waals surface area (Å²) < 4.78 is 17.3. The van der Waals surface area contributed by atoms with Crippen molar-refractivity contribution in [2.75, 3.05) is 13.2 Å². The summed E-state index contributed by atoms with van der Waals surface area (Å²) in [6, 6.07) is 13.0. The summed E-state index contributed by atoms with van der Waals surface area (Å²) in [5.41, 5.74) is 0.371. The summed E-state index contributed by atoms with van der Waals surface area (Å²) >= 11 is 0. The van der Waals surface area contributed by atoms with Crippen molar-refractivity contribution in [3.05, 3.63) is 93.2 Å². The average Bonchev–Trinajstić information content (AvgIpc) is 1.62. The standard InChI is InChI=1S/C68H80N4O13/c1-3-52-46-26-41-12-6-9-36-10-8-20-66(28-36)50(32-69-64(66)80)48-31-68-49-24-39(48)22-45-37(29-65(71-58(45)49)18-4-5-19-65)11-7-13-56(67(81,63(79)60(78)55(77)34-73)30-38-14-17-53(75)43-16-15-42(74)27-44(38)43)84-85-57(68)25-40-23-47-54(76)21-35(2)82-62(47)59(61(40)83-68)72(52)33-51(46)70-41/h14-17,21,23,26-27,33,36-37,39,45,48-50,55-58,60,63,70-71,73-75,77-79,81H,3-6,8-12,18-20,22,24-25,28-32,34H2,1-2H3,(H,69,80). The molecular formula is C68H80N4O13. The number of ether oxygens (including phenoxy) is 1. The van der Waals surface area contributed by atoms with Gasteiger partial charge in [-0.1, -0.05) is 51.0 Å². The smallest absolute Gasteiger partial charge is 0.226 e. The maximum absolute atomic E-state index is 15.0. The quantitative estimate of drug-likeness (QED) is 0.0522. The van der Waals surface area contributed by atoms with Gasteiger partial charge in [0.25, 0.3) is 0 Å². The summed E-state index contributed by atoms with van der Waals surface area (Å²) in [5, 5.41) is 91.1. The van der Waals surface area contributed by atoms with Crippen molar-refractivity contribution >= 4 is 38.6 Å². The van der Waals surface area contributed by atoms with Crippen LogP contribution in [0.25, 0.3) is 38.3 Å². The number of aliphatic hydroxyl groups excluding tert-OH is 4. The zero-order valence-corrected chi connectivity index (χ0v) is 48.6. The molecule has 9 heterocycles. The van der Waals surface area contributed by atoms with Gasteiger partial charge in [-0.15, -0.1) is 5.92 Å². The second-order valence-corrected chi connectivity index (χ2v) is 27.7. The maximum Gasteiger partial charge on any atom is 0.226 e. The Morgan fingerprint density at radius 2 is 1.71 bits per heavy atom. The van der Waals surface area contributed by atoms with Crippen LogP contribution in [-0.2, 0) is 40.3 Å². The number of aromatic hydroxyl groups is 2. The van der Waals surface area contributed by atoms with E-state index in [4.69, 9.17) is 18.9 Å². The molecule has 1 amide bonds. The highest BCUT2D eigenvalue weighted by atomic mass is 17.2. The fraction of sp³-hybridized carbons (Fsp3) is 0.588. The lowest BCUT2D eigenvalue weighted by molar-refractivity contribution is -0.398. The molecule has 450 valence electrons. The van der Waals surface area contributed by atoms with E-state index in [2.05, 4.69) is 51.2 Å². The SMILES string of the molecule is CCc1c2cc3[nH]c2cn1-c1c2c(cc4c(=O)cc(C)oc14)CC1OOC(C(O)(Cc4ccc(O)c5ccc(O)cc45)C(O)C(O)C(O)CO)C#CCC4CC5(CCCC5)NC5C4CC4CC5C1(CC4C1CNC(=O)C14CCCC(CCC3)C4)O2. The molecule has 2 saturated heterocycles. The maximum atomic E-state index is 15.0. The first-order valence-corrected chi connectivity index (χ1v) is 31.7. The highest BCUT2D eigenvalue weighted by molar-refractivity contribution is 5.94. The molecule has 3 aromatic carbocycles. The van der Waals surface area contributed by atoms with Crippen LogP contribution in [0.4, 0.5) is 0 Å². The number of aliphatic hydroxyl groups is 5. The fourth-order valence-electron chi connectivity index (χ4n) is 19.3. The molecule has 3 spiro atoms. The number of phenols is 2. The Morgan fingerprint density at radius 3 is 2.53 bits per heavy atom. The molecule has 4 aliphatic carbocycles. The second-order valence-electron chi connectivity index (χ2n) is 27.7. The molecule has 3 aromatic heterocycles. The van der Waals surface area contributed by atoms with E-state index in [-0.39, 0.29) is 76.3 Å². The molecule has 10 aliphatic rings. The van der Waals surface area contributed by atoms with Crippen molar-refractivity contribution in [2.45, 2.75) is 189 Å². The Morgan fingerprint density at radius 1 is 0.871 bits per heavy atom. The van der Waals surface area contributed by atoms with Gasteiger partial charge in [-0.05, 0) is 160 Å². The highest BCUT2D eigenvalue weighted by Crippen LogP contribution is 2.65. The van der Waals surface area contributed by atoms with Crippen LogP contribution in [0.2, 0.25) is 0 Å². The van der Waals surface area contributed by atoms with Gasteiger partial charge in [0, 0.05) is 83.3 Å². The number of carbonyl (C=O) groups excluding carboxylic acids is 1. The van der Waals surface area contributed by atoms with Crippen molar-refractivity contribution in [3.8, 4) is 34.8 Å². The third-order valence-corrected chi connectivity index (χ3v) is 23.2. The van der Waals surface area contributed by atoms with E-state index in [0.29, 0.717) is 81.8 Å². The number of nitrogens with zero attached hydrogens (tertiary/aromatic N) is 1. The van der Waals surface area contributed by atoms with Crippen LogP contribution in [0.15, 0.2) is 63.9 Å². The van der Waals surface area contributed by atoms with Crippen LogP contribution in [0.3, 0.4) is 0 Å². The molecule has 10 N–H and O–H groups in total. The minimum Gasteiger partial charge on any atom is -0.508 e. The van der Waals surface area contributed by atoms with E-state index in [1.165, 1.54) is 24.3 Å². The van der Waals surface area contributed by atoms with Gasteiger partial charge in [0.05, 0.1) is 22.9 Å². The molecule has 6 aliphatic heterocycles. The number of rotatable bonds is 8. The minimum atomic E-state index is -2.63. The van der Waals surface area contributed by atoms with E-state index in [0.717, 1.165) is 112 Å². The zero-order valence-electron chi connectivity index (χ0n) is 48.6. The Labute approximate surface area is 493 Å². The molecule has 14 bridgehead atoms. The number of aromatic amines is 1. The summed E-state index contributed by atoms with van der Waals surface area (Å²) in [6.07, 6.45) is 7.69. The zero-order chi connectivity index (χ0) is 58.5. The van der Waals surface area contributed by atoms with Gasteiger partial charge in [-0.3, -0.25) is 9.59 Å². The van der Waals surface area contributed by atoms with E-state index in [1.807, 2.05) is 6.07 Å². The number of benzene rings is 3. The number of aromatic nitrogens is 2. The van der Waals surface area contributed by atoms with Gasteiger partial charge in [0.1, 0.15) is 58.6 Å². The fourth-order valence-corrected chi connectivity index (χ4v) is 19.3. The number of hydrogen-bond donors (Lipinski definition) is 10. The van der Waals surface area contributed by atoms with E-state index in [1.54, 1.807) is 19.1 Å². The summed E-state index contributed by atoms with van der Waals surface area (Å²) in [6.45, 7) is 3.56. The number of aryl methyl sites for hydroxylation is 3. The van der Waals surface area contributed by atoms with Crippen LogP contribution in [0, 0.1) is 65.6 Å². The van der Waals surface area contributed by atoms with Crippen molar-refractivity contribution in [2.24, 2.45) is 46.8 Å². The Balaban J connectivity index is 0.974. The summed E-state index contributed by atoms with van der Waals surface area (Å²) in [7, 11) is 0. The lowest BCUT2D eigenvalue weighted by Crippen LogP contribution is -2.73. The number of phenolic OH excluding ortho intramolecular Hbond substituents is 2. The van der Waals surface area contributed by atoms with Gasteiger partial charge in [-0.25, -0.2) is 9.78 Å². The van der Waals surface area contributed by atoms with Gasteiger partial charge in [0.15, 0.2) is 22.9 Å². The number of amides is 1. The monoisotopic (exact) mass is 1160 g/mol. The van der Waals surface area contributed by atoms with Crippen molar-refractivity contribution < 1.29 is 59.5 Å². The first-order valence-electron chi connectivity index (χ1n) is 31.7. The molecule has 16 unspecified atom stereocenters. The largest absolute Gasteiger partial charge is 0.508 e. The van der Waals surface area contributed by atoms with E-state index >= 15 is 4.79 Å². The van der Waals surface area contributed by atoms with Crippen molar-refractivity contribution in [1.82, 2.24) is 20.2 Å². The van der Waals surface area contributed by atoms with Crippen LogP contribution >= 0.6 is 0 Å². The average molecular weight is 1160 g/mol. The molecule has 17 heteroatoms. The molecule has 16 atom stereocenters. The number of piperidine rings is 1. The molecule has 6 aromatic rings. The van der Waals surface area contributed by atoms with Crippen molar-refractivity contribution in [3.63, 3.8) is 0 Å². The van der Waals surface area contributed by atoms with Gasteiger partial charge >= 0.3 is 0 Å². The third-order valence-electron chi connectivity index (χ3n) is 23.2. The first-order chi connectivity index (χ1) is 41.0. The molecule has 4 saturated carbocycles. The number of nitrogens with one attached hydrogen (secondary N) is 3. The molecule has 0 radical (unpaired) electrons. The van der Waals surface area contributed by atoms with Gasteiger partial charge in [-0.2, -0.15) is 0 Å². The minimum absolute atomic E-state index is 0.0139. The predicted octanol–water partition coefficient (Wildman–Crippen LogP) is 7.53. The number of hydrogen-bond acceptors (Lipinski definition) is 14. The van der Waals surface area contributed by atoms with Crippen LogP contribution in [0.1, 0.15) is 132 Å². The topological polar surface area (TPSA) is 261 Å². The first kappa shape index (κ1) is 55.6. The lowest BCUT2D eigenvalue weighted by atomic mass is 9.46. The number of H-pyrrole nitrogens is 1. The second kappa shape index (κ2) is 20.6. The predicted molar refractivity (Wildman–Crippen MR) is 316 cm³/mol. The molecule has 6 fully saturated rings. The lowest BCUT2D eigenvalue weighted by Gasteiger charge is -2.65. The van der Waals surface area contributed by atoms with Crippen LogP contribution in [-0.4, -0.2) is 118 Å². The van der Waals surface area contributed by atoms with Gasteiger partial charge < -0.3 is 65.1 Å². The van der Waals surface area contributed by atoms with Crippen LogP contribution < -0.4 is 20.8 Å². The van der Waals surface area contributed by atoms with Crippen LogP contribution in [0.5, 0.6) is 17.2 Å². The van der Waals surface area contributed by atoms with Gasteiger partial charge in [0.2, 0.25) is 5.91 Å². The number of fused-ring (bicyclic) bond motifs is 5. The summed E-state index contributed by atoms with van der Waals surface area (Å²) in [4.78, 5) is 47.4. The third kappa shape index (κ3) is 8.68. The summed E-state index contributed by atoms with van der Waals surface area (Å²) in [5.74, 6) is 8.27. The van der Waals surface area contributed by atoms with Crippen molar-refractivity contribution in [1.29, 1.82) is 0 Å². The van der Waals surface area contributed by atoms with E-state index < -0.39 is 60.2 Å². The Bertz CT molecular complexity index is 3780.